The summed E-state index contributed by atoms with van der Waals surface area (Å²) in [4.78, 5) is 11.2. The van der Waals surface area contributed by atoms with Gasteiger partial charge in [-0.1, -0.05) is 30.3 Å². The zero-order valence-corrected chi connectivity index (χ0v) is 13.2. The number of nitrogens with one attached hydrogen (secondary N) is 1. The molecule has 19 heavy (non-hydrogen) atoms. The molecule has 0 amide bonds. The highest BCUT2D eigenvalue weighted by molar-refractivity contribution is 7.93. The van der Waals surface area contributed by atoms with Crippen molar-refractivity contribution < 1.29 is 14.1 Å². The van der Waals surface area contributed by atoms with Crippen molar-refractivity contribution in [1.29, 1.82) is 0 Å². The van der Waals surface area contributed by atoms with Crippen molar-refractivity contribution in [3.8, 4) is 0 Å². The Morgan fingerprint density at radius 3 is 2.42 bits per heavy atom. The van der Waals surface area contributed by atoms with E-state index in [0.29, 0.717) is 11.9 Å². The number of benzene rings is 1. The molecule has 1 aromatic carbocycles. The predicted octanol–water partition coefficient (Wildman–Crippen LogP) is 2.41. The highest BCUT2D eigenvalue weighted by Gasteiger charge is 2.33. The number of carbonyl (C=O) groups is 1. The lowest BCUT2D eigenvalue weighted by Gasteiger charge is -2.26. The van der Waals surface area contributed by atoms with Crippen LogP contribution >= 0.6 is 19.9 Å². The van der Waals surface area contributed by atoms with E-state index in [9.17, 15) is 9.36 Å². The maximum absolute atomic E-state index is 13.0. The molecule has 3 atom stereocenters. The van der Waals surface area contributed by atoms with E-state index in [-0.39, 0.29) is 0 Å². The van der Waals surface area contributed by atoms with Crippen LogP contribution in [0.25, 0.3) is 0 Å². The molecule has 0 saturated heterocycles. The van der Waals surface area contributed by atoms with Crippen molar-refractivity contribution in [3.63, 3.8) is 0 Å². The van der Waals surface area contributed by atoms with Gasteiger partial charge in [0.2, 0.25) is 0 Å². The van der Waals surface area contributed by atoms with E-state index in [1.807, 2.05) is 18.2 Å². The molecular formula is C13H20NO3PS. The Balaban J connectivity index is 2.96. The van der Waals surface area contributed by atoms with Gasteiger partial charge < -0.3 is 9.30 Å². The number of rotatable bonds is 6. The number of thiol groups is 1. The molecule has 1 N–H and O–H groups in total. The summed E-state index contributed by atoms with van der Waals surface area (Å²) in [5.41, 5.74) is 0. The van der Waals surface area contributed by atoms with Crippen LogP contribution in [0.2, 0.25) is 0 Å². The van der Waals surface area contributed by atoms with Crippen LogP contribution in [0.15, 0.2) is 30.3 Å². The predicted molar refractivity (Wildman–Crippen MR) is 81.4 cm³/mol. The third-order valence-corrected chi connectivity index (χ3v) is 6.56. The highest BCUT2D eigenvalue weighted by Crippen LogP contribution is 2.47. The van der Waals surface area contributed by atoms with Crippen molar-refractivity contribution in [1.82, 2.24) is 5.09 Å². The van der Waals surface area contributed by atoms with Crippen LogP contribution in [0.3, 0.4) is 0 Å². The summed E-state index contributed by atoms with van der Waals surface area (Å²) >= 11 is 4.31. The van der Waals surface area contributed by atoms with Crippen LogP contribution in [0.1, 0.15) is 20.8 Å². The summed E-state index contributed by atoms with van der Waals surface area (Å²) in [6.07, 6.45) is 0. The second kappa shape index (κ2) is 7.13. The molecule has 0 heterocycles. The van der Waals surface area contributed by atoms with Gasteiger partial charge in [0.1, 0.15) is 6.04 Å². The molecule has 4 nitrogen and oxygen atoms in total. The average molecular weight is 301 g/mol. The van der Waals surface area contributed by atoms with E-state index < -0.39 is 24.3 Å². The minimum atomic E-state index is -2.96. The SMILES string of the molecule is CCOC(=O)[C@H](C)NP(=O)(c1ccccc1)C(C)S. The summed E-state index contributed by atoms with van der Waals surface area (Å²) in [5.74, 6) is -0.410. The topological polar surface area (TPSA) is 55.4 Å². The van der Waals surface area contributed by atoms with Crippen LogP contribution in [-0.4, -0.2) is 23.6 Å². The van der Waals surface area contributed by atoms with Crippen LogP contribution in [0.5, 0.6) is 0 Å². The smallest absolute Gasteiger partial charge is 0.323 e. The summed E-state index contributed by atoms with van der Waals surface area (Å²) in [7, 11) is -2.96. The Labute approximate surface area is 119 Å². The van der Waals surface area contributed by atoms with Gasteiger partial charge in [0.05, 0.1) is 11.6 Å². The van der Waals surface area contributed by atoms with Gasteiger partial charge in [-0.25, -0.2) is 5.09 Å². The molecule has 6 heteroatoms. The molecule has 0 bridgehead atoms. The molecule has 106 valence electrons. The van der Waals surface area contributed by atoms with Crippen LogP contribution in [0.4, 0.5) is 0 Å². The number of hydrogen-bond acceptors (Lipinski definition) is 4. The molecule has 0 radical (unpaired) electrons. The van der Waals surface area contributed by atoms with Crippen LogP contribution < -0.4 is 10.4 Å². The first-order valence-corrected chi connectivity index (χ1v) is 8.49. The molecule has 2 unspecified atom stereocenters. The molecule has 0 aliphatic heterocycles. The summed E-state index contributed by atoms with van der Waals surface area (Å²) in [6.45, 7) is 5.44. The minimum Gasteiger partial charge on any atom is -0.465 e. The van der Waals surface area contributed by atoms with Gasteiger partial charge in [0.25, 0.3) is 0 Å². The summed E-state index contributed by atoms with van der Waals surface area (Å²) in [6, 6.07) is 8.40. The Morgan fingerprint density at radius 2 is 1.95 bits per heavy atom. The zero-order chi connectivity index (χ0) is 14.5. The van der Waals surface area contributed by atoms with Gasteiger partial charge in [-0.15, -0.1) is 0 Å². The minimum absolute atomic E-state index is 0.303. The molecular weight excluding hydrogens is 281 g/mol. The fourth-order valence-corrected chi connectivity index (χ4v) is 4.35. The second-order valence-corrected chi connectivity index (χ2v) is 8.28. The van der Waals surface area contributed by atoms with Crippen molar-refractivity contribution >= 4 is 31.2 Å². The first kappa shape index (κ1) is 16.3. The first-order chi connectivity index (χ1) is 8.91. The van der Waals surface area contributed by atoms with Gasteiger partial charge >= 0.3 is 5.97 Å². The van der Waals surface area contributed by atoms with Crippen molar-refractivity contribution in [2.75, 3.05) is 6.61 Å². The molecule has 0 fully saturated rings. The van der Waals surface area contributed by atoms with Gasteiger partial charge in [-0.3, -0.25) is 4.79 Å². The standard InChI is InChI=1S/C13H20NO3PS/c1-4-17-13(15)10(2)14-18(16,11(3)19)12-8-6-5-7-9-12/h5-11,19H,4H2,1-3H3,(H,14,16)/t10-,11?,18?/m0/s1. The lowest BCUT2D eigenvalue weighted by atomic mass is 10.4. The molecule has 0 saturated carbocycles. The molecule has 0 aliphatic rings. The Bertz CT molecular complexity index is 464. The van der Waals surface area contributed by atoms with E-state index in [0.717, 1.165) is 0 Å². The summed E-state index contributed by atoms with van der Waals surface area (Å²) < 4.78 is 18.0. The summed E-state index contributed by atoms with van der Waals surface area (Å²) in [5, 5.41) is 3.56. The van der Waals surface area contributed by atoms with E-state index in [2.05, 4.69) is 17.7 Å². The zero-order valence-electron chi connectivity index (χ0n) is 11.4. The highest BCUT2D eigenvalue weighted by atomic mass is 32.1. The fraction of sp³-hybridized carbons (Fsp3) is 0.462. The van der Waals surface area contributed by atoms with Crippen molar-refractivity contribution in [3.05, 3.63) is 30.3 Å². The maximum atomic E-state index is 13.0. The number of ether oxygens (including phenoxy) is 1. The first-order valence-electron chi connectivity index (χ1n) is 6.19. The quantitative estimate of drug-likeness (QED) is 0.481. The van der Waals surface area contributed by atoms with E-state index in [4.69, 9.17) is 4.74 Å². The van der Waals surface area contributed by atoms with Crippen molar-refractivity contribution in [2.45, 2.75) is 31.8 Å². The van der Waals surface area contributed by atoms with Crippen LogP contribution in [-0.2, 0) is 14.1 Å². The van der Waals surface area contributed by atoms with Crippen LogP contribution in [0, 0.1) is 0 Å². The molecule has 1 rings (SSSR count). The molecule has 0 aromatic heterocycles. The largest absolute Gasteiger partial charge is 0.465 e. The average Bonchev–Trinajstić information content (AvgIpc) is 2.39. The molecule has 0 spiro atoms. The fourth-order valence-electron chi connectivity index (χ4n) is 1.66. The number of carbonyl (C=O) groups excluding carboxylic acids is 1. The maximum Gasteiger partial charge on any atom is 0.323 e. The monoisotopic (exact) mass is 301 g/mol. The van der Waals surface area contributed by atoms with Gasteiger partial charge in [-0.05, 0) is 20.8 Å². The van der Waals surface area contributed by atoms with Crippen molar-refractivity contribution in [2.24, 2.45) is 0 Å². The number of hydrogen-bond donors (Lipinski definition) is 2. The molecule has 0 aliphatic carbocycles. The normalized spacial score (nSPS) is 17.3. The Morgan fingerprint density at radius 1 is 1.37 bits per heavy atom. The Hall–Kier alpha value is -0.770. The molecule has 1 aromatic rings. The lowest BCUT2D eigenvalue weighted by Crippen LogP contribution is -2.37. The lowest BCUT2D eigenvalue weighted by molar-refractivity contribution is -0.144. The number of esters is 1. The van der Waals surface area contributed by atoms with Gasteiger partial charge in [-0.2, -0.15) is 12.6 Å². The van der Waals surface area contributed by atoms with E-state index >= 15 is 0 Å². The Kier molecular flexibility index (Phi) is 6.11. The second-order valence-electron chi connectivity index (χ2n) is 4.23. The third kappa shape index (κ3) is 4.10. The van der Waals surface area contributed by atoms with E-state index in [1.54, 1.807) is 32.9 Å². The van der Waals surface area contributed by atoms with Gasteiger partial charge in [0.15, 0.2) is 7.29 Å². The van der Waals surface area contributed by atoms with E-state index in [1.165, 1.54) is 0 Å². The van der Waals surface area contributed by atoms with Gasteiger partial charge in [0, 0.05) is 5.30 Å². The third-order valence-electron chi connectivity index (χ3n) is 2.69.